The fraction of sp³-hybridized carbons (Fsp3) is 0.333. The summed E-state index contributed by atoms with van der Waals surface area (Å²) in [6.07, 6.45) is 0.264. The number of carbonyl (C=O) groups is 3. The lowest BCUT2D eigenvalue weighted by atomic mass is 10.2. The van der Waals surface area contributed by atoms with Crippen LogP contribution < -0.4 is 30.8 Å². The highest BCUT2D eigenvalue weighted by Crippen LogP contribution is 2.26. The van der Waals surface area contributed by atoms with Crippen molar-refractivity contribution in [2.75, 3.05) is 20.8 Å². The predicted octanol–water partition coefficient (Wildman–Crippen LogP) is -0.856. The summed E-state index contributed by atoms with van der Waals surface area (Å²) in [6.45, 7) is -0.252. The van der Waals surface area contributed by atoms with Crippen molar-refractivity contribution >= 4 is 24.2 Å². The molecule has 2 heterocycles. The molecule has 1 aromatic rings. The minimum Gasteiger partial charge on any atom is -0.493 e. The van der Waals surface area contributed by atoms with Crippen LogP contribution in [-0.2, 0) is 4.79 Å². The normalized spacial score (nSPS) is 21.1. The number of ether oxygens (including phenoxy) is 2. The number of nitrogens with zero attached hydrogens (tertiary/aromatic N) is 2. The van der Waals surface area contributed by atoms with Gasteiger partial charge in [-0.25, -0.2) is 15.0 Å². The molecule has 1 aromatic carbocycles. The van der Waals surface area contributed by atoms with Crippen LogP contribution in [0.4, 0.5) is 9.59 Å². The van der Waals surface area contributed by atoms with Crippen molar-refractivity contribution in [1.29, 1.82) is 0 Å². The largest absolute Gasteiger partial charge is 0.493 e. The number of hydrazone groups is 1. The smallest absolute Gasteiger partial charge is 0.321 e. The highest BCUT2D eigenvalue weighted by Gasteiger charge is 2.45. The molecule has 0 bridgehead atoms. The molecule has 2 atom stereocenters. The second-order valence-electron chi connectivity index (χ2n) is 5.53. The Hall–Kier alpha value is -3.50. The van der Waals surface area contributed by atoms with Crippen LogP contribution in [0, 0.1) is 0 Å². The fourth-order valence-corrected chi connectivity index (χ4v) is 2.67. The molecule has 0 spiro atoms. The number of rotatable bonds is 6. The average Bonchev–Trinajstić information content (AvgIpc) is 3.11. The lowest BCUT2D eigenvalue weighted by Crippen LogP contribution is -2.47. The Morgan fingerprint density at radius 3 is 2.73 bits per heavy atom. The van der Waals surface area contributed by atoms with Crippen LogP contribution in [0.25, 0.3) is 0 Å². The summed E-state index contributed by atoms with van der Waals surface area (Å²) >= 11 is 0. The number of hydrogen-bond donors (Lipinski definition) is 4. The quantitative estimate of drug-likeness (QED) is 0.386. The molecule has 26 heavy (non-hydrogen) atoms. The summed E-state index contributed by atoms with van der Waals surface area (Å²) in [7, 11) is 3.05. The Morgan fingerprint density at radius 2 is 2.00 bits per heavy atom. The highest BCUT2D eigenvalue weighted by atomic mass is 16.5. The first-order chi connectivity index (χ1) is 12.5. The molecule has 0 saturated carbocycles. The van der Waals surface area contributed by atoms with E-state index in [0.717, 1.165) is 0 Å². The molecule has 3 rings (SSSR count). The Morgan fingerprint density at radius 1 is 1.23 bits per heavy atom. The zero-order valence-corrected chi connectivity index (χ0v) is 14.1. The van der Waals surface area contributed by atoms with Gasteiger partial charge in [0.1, 0.15) is 18.9 Å². The molecule has 0 aliphatic carbocycles. The van der Waals surface area contributed by atoms with Gasteiger partial charge in [-0.1, -0.05) is 0 Å². The molecule has 0 radical (unpaired) electrons. The lowest BCUT2D eigenvalue weighted by Gasteiger charge is -2.19. The van der Waals surface area contributed by atoms with Crippen LogP contribution in [0.2, 0.25) is 0 Å². The second kappa shape index (κ2) is 7.17. The van der Waals surface area contributed by atoms with E-state index in [1.807, 2.05) is 0 Å². The van der Waals surface area contributed by atoms with E-state index in [9.17, 15) is 14.4 Å². The topological polar surface area (TPSA) is 133 Å². The third-order valence-corrected chi connectivity index (χ3v) is 3.88. The average molecular weight is 362 g/mol. The fourth-order valence-electron chi connectivity index (χ4n) is 2.67. The van der Waals surface area contributed by atoms with Crippen LogP contribution in [0.3, 0.4) is 0 Å². The highest BCUT2D eigenvalue weighted by molar-refractivity contribution is 5.89. The van der Waals surface area contributed by atoms with Crippen molar-refractivity contribution in [2.24, 2.45) is 5.10 Å². The Labute approximate surface area is 148 Å². The predicted molar refractivity (Wildman–Crippen MR) is 89.8 cm³/mol. The maximum atomic E-state index is 12.0. The number of amides is 5. The van der Waals surface area contributed by atoms with E-state index in [4.69, 9.17) is 9.47 Å². The molecule has 0 unspecified atom stereocenters. The maximum absolute atomic E-state index is 12.0. The molecular formula is C15H18N6O5. The molecule has 4 N–H and O–H groups in total. The first kappa shape index (κ1) is 17.3. The number of methoxy groups -OCH3 is 2. The number of benzene rings is 1. The van der Waals surface area contributed by atoms with Gasteiger partial charge >= 0.3 is 12.1 Å². The van der Waals surface area contributed by atoms with Gasteiger partial charge in [-0.05, 0) is 23.8 Å². The molecule has 5 amide bonds. The summed E-state index contributed by atoms with van der Waals surface area (Å²) in [5.74, 6) is 0.612. The Balaban J connectivity index is 1.56. The van der Waals surface area contributed by atoms with E-state index in [2.05, 4.69) is 26.5 Å². The minimum absolute atomic E-state index is 0.252. The van der Waals surface area contributed by atoms with Crippen molar-refractivity contribution in [3.8, 4) is 11.5 Å². The van der Waals surface area contributed by atoms with Gasteiger partial charge in [0.05, 0.1) is 20.4 Å². The van der Waals surface area contributed by atoms with Gasteiger partial charge in [0.25, 0.3) is 5.91 Å². The van der Waals surface area contributed by atoms with Crippen molar-refractivity contribution in [1.82, 2.24) is 26.3 Å². The number of carbonyl (C=O) groups excluding carboxylic acids is 3. The number of fused-ring (bicyclic) bond motifs is 1. The van der Waals surface area contributed by atoms with Crippen molar-refractivity contribution < 1.29 is 23.9 Å². The van der Waals surface area contributed by atoms with Gasteiger partial charge in [-0.3, -0.25) is 9.69 Å². The minimum atomic E-state index is -0.615. The standard InChI is InChI=1S/C15H18N6O5/c1-25-9-4-3-8(5-10(9)26-2)6-16-20-11(22)7-21-13-12(18-15(21)24)17-14(23)19-13/h3-6,12-13H,7H2,1-2H3,(H,18,24)(H,20,22)(H2,17,19,23)/b16-6-/t12-,13+/m1/s1. The van der Waals surface area contributed by atoms with Crippen molar-refractivity contribution in [3.63, 3.8) is 0 Å². The summed E-state index contributed by atoms with van der Waals surface area (Å²) in [6, 6.07) is 4.30. The molecule has 2 aliphatic rings. The van der Waals surface area contributed by atoms with Crippen LogP contribution >= 0.6 is 0 Å². The molecule has 138 valence electrons. The van der Waals surface area contributed by atoms with E-state index in [1.165, 1.54) is 25.3 Å². The zero-order chi connectivity index (χ0) is 18.7. The summed E-state index contributed by atoms with van der Waals surface area (Å²) in [5, 5.41) is 11.5. The van der Waals surface area contributed by atoms with Gasteiger partial charge in [-0.15, -0.1) is 0 Å². The monoisotopic (exact) mass is 362 g/mol. The van der Waals surface area contributed by atoms with Gasteiger partial charge < -0.3 is 25.4 Å². The number of nitrogens with one attached hydrogen (secondary N) is 4. The summed E-state index contributed by atoms with van der Waals surface area (Å²) in [4.78, 5) is 36.3. The molecule has 2 saturated heterocycles. The van der Waals surface area contributed by atoms with Crippen LogP contribution in [0.5, 0.6) is 11.5 Å². The van der Waals surface area contributed by atoms with Crippen LogP contribution in [0.1, 0.15) is 5.56 Å². The van der Waals surface area contributed by atoms with Crippen LogP contribution in [-0.4, -0.2) is 62.2 Å². The Kier molecular flexibility index (Phi) is 4.78. The first-order valence-corrected chi connectivity index (χ1v) is 7.70. The molecular weight excluding hydrogens is 344 g/mol. The van der Waals surface area contributed by atoms with E-state index >= 15 is 0 Å². The van der Waals surface area contributed by atoms with Gasteiger partial charge in [0.2, 0.25) is 0 Å². The SMILES string of the molecule is COc1ccc(/C=N\NC(=O)CN2C(=O)N[C@H]3NC(=O)N[C@H]32)cc1OC. The molecule has 11 nitrogen and oxygen atoms in total. The third kappa shape index (κ3) is 3.45. The summed E-state index contributed by atoms with van der Waals surface area (Å²) in [5.41, 5.74) is 3.03. The van der Waals surface area contributed by atoms with E-state index in [0.29, 0.717) is 17.1 Å². The van der Waals surface area contributed by atoms with E-state index in [1.54, 1.807) is 18.2 Å². The van der Waals surface area contributed by atoms with E-state index in [-0.39, 0.29) is 6.54 Å². The maximum Gasteiger partial charge on any atom is 0.321 e. The molecule has 2 fully saturated rings. The van der Waals surface area contributed by atoms with Gasteiger partial charge in [0.15, 0.2) is 11.5 Å². The third-order valence-electron chi connectivity index (χ3n) is 3.88. The number of urea groups is 2. The zero-order valence-electron chi connectivity index (χ0n) is 14.1. The lowest BCUT2D eigenvalue weighted by molar-refractivity contribution is -0.121. The van der Waals surface area contributed by atoms with Gasteiger partial charge in [-0.2, -0.15) is 5.10 Å². The van der Waals surface area contributed by atoms with Crippen LogP contribution in [0.15, 0.2) is 23.3 Å². The van der Waals surface area contributed by atoms with Crippen molar-refractivity contribution in [3.05, 3.63) is 23.8 Å². The van der Waals surface area contributed by atoms with Crippen molar-refractivity contribution in [2.45, 2.75) is 12.3 Å². The molecule has 2 aliphatic heterocycles. The first-order valence-electron chi connectivity index (χ1n) is 7.70. The molecule has 0 aromatic heterocycles. The molecule has 11 heteroatoms. The number of hydrogen-bond acceptors (Lipinski definition) is 6. The van der Waals surface area contributed by atoms with E-state index < -0.39 is 30.3 Å². The Bertz CT molecular complexity index is 767. The summed E-state index contributed by atoms with van der Waals surface area (Å²) < 4.78 is 10.3. The van der Waals surface area contributed by atoms with Gasteiger partial charge in [0, 0.05) is 0 Å². The second-order valence-corrected chi connectivity index (χ2v) is 5.53.